The number of hydrogen-bond donors (Lipinski definition) is 1. The fourth-order valence-electron chi connectivity index (χ4n) is 4.28. The van der Waals surface area contributed by atoms with Crippen molar-refractivity contribution in [2.75, 3.05) is 11.9 Å². The number of urea groups is 1. The van der Waals surface area contributed by atoms with Gasteiger partial charge in [-0.1, -0.05) is 19.1 Å². The van der Waals surface area contributed by atoms with Crippen LogP contribution in [0, 0.1) is 18.8 Å². The van der Waals surface area contributed by atoms with Crippen LogP contribution in [0.5, 0.6) is 0 Å². The Labute approximate surface area is 142 Å². The molecule has 2 aliphatic rings. The molecule has 2 fully saturated rings. The maximum atomic E-state index is 12.7. The second kappa shape index (κ2) is 5.93. The van der Waals surface area contributed by atoms with Crippen molar-refractivity contribution in [2.45, 2.75) is 32.7 Å². The molecule has 1 saturated heterocycles. The monoisotopic (exact) mass is 321 g/mol. The summed E-state index contributed by atoms with van der Waals surface area (Å²) in [5.74, 6) is 1.31. The van der Waals surface area contributed by atoms with Crippen LogP contribution in [0.25, 0.3) is 11.3 Å². The van der Waals surface area contributed by atoms with Crippen LogP contribution < -0.4 is 5.32 Å². The highest BCUT2D eigenvalue weighted by Gasteiger charge is 2.44. The molecule has 2 heterocycles. The lowest BCUT2D eigenvalue weighted by Gasteiger charge is -2.31. The second-order valence-corrected chi connectivity index (χ2v) is 7.21. The summed E-state index contributed by atoms with van der Waals surface area (Å²) in [7, 11) is 0. The molecule has 2 amide bonds. The van der Waals surface area contributed by atoms with Crippen molar-refractivity contribution >= 4 is 11.7 Å². The molecular weight excluding hydrogens is 298 g/mol. The van der Waals surface area contributed by atoms with Gasteiger partial charge in [-0.3, -0.25) is 4.98 Å². The molecule has 0 spiro atoms. The lowest BCUT2D eigenvalue weighted by Crippen LogP contribution is -2.43. The molecule has 124 valence electrons. The third-order valence-corrected chi connectivity index (χ3v) is 5.48. The van der Waals surface area contributed by atoms with E-state index in [1.54, 1.807) is 6.20 Å². The summed E-state index contributed by atoms with van der Waals surface area (Å²) in [6, 6.07) is 12.4. The maximum absolute atomic E-state index is 12.7. The number of nitrogens with zero attached hydrogens (tertiary/aromatic N) is 2. The van der Waals surface area contributed by atoms with E-state index in [0.717, 1.165) is 29.1 Å². The number of hydrogen-bond acceptors (Lipinski definition) is 2. The predicted octanol–water partition coefficient (Wildman–Crippen LogP) is 4.32. The van der Waals surface area contributed by atoms with Crippen LogP contribution in [0.2, 0.25) is 0 Å². The summed E-state index contributed by atoms with van der Waals surface area (Å²) < 4.78 is 0. The number of rotatable bonds is 2. The molecule has 1 aromatic heterocycles. The van der Waals surface area contributed by atoms with Gasteiger partial charge >= 0.3 is 6.03 Å². The zero-order valence-electron chi connectivity index (χ0n) is 14.2. The van der Waals surface area contributed by atoms with Gasteiger partial charge in [0.2, 0.25) is 0 Å². The first-order valence-corrected chi connectivity index (χ1v) is 8.71. The third-order valence-electron chi connectivity index (χ3n) is 5.48. The fraction of sp³-hybridized carbons (Fsp3) is 0.400. The lowest BCUT2D eigenvalue weighted by molar-refractivity contribution is 0.173. The Morgan fingerprint density at radius 1 is 1.25 bits per heavy atom. The largest absolute Gasteiger partial charge is 0.322 e. The van der Waals surface area contributed by atoms with Gasteiger partial charge < -0.3 is 10.2 Å². The molecule has 1 N–H and O–H groups in total. The Morgan fingerprint density at radius 2 is 2.12 bits per heavy atom. The van der Waals surface area contributed by atoms with E-state index in [4.69, 9.17) is 0 Å². The minimum atomic E-state index is 0.0323. The standard InChI is InChI=1S/C20H23N3O/c1-13-6-7-16(11-17(13)18-5-3-4-8-21-18)22-20(24)23-12-15-9-14(2)19(23)10-15/h3-8,11,14-15,19H,9-10,12H2,1-2H3,(H,22,24). The average Bonchev–Trinajstić information content (AvgIpc) is 3.17. The van der Waals surface area contributed by atoms with E-state index in [9.17, 15) is 4.79 Å². The summed E-state index contributed by atoms with van der Waals surface area (Å²) in [4.78, 5) is 19.1. The van der Waals surface area contributed by atoms with Gasteiger partial charge in [-0.25, -0.2) is 4.79 Å². The molecule has 24 heavy (non-hydrogen) atoms. The number of nitrogens with one attached hydrogen (secondary N) is 1. The zero-order chi connectivity index (χ0) is 16.7. The van der Waals surface area contributed by atoms with Crippen molar-refractivity contribution in [2.24, 2.45) is 11.8 Å². The van der Waals surface area contributed by atoms with Gasteiger partial charge in [-0.15, -0.1) is 0 Å². The van der Waals surface area contributed by atoms with Crippen LogP contribution in [0.1, 0.15) is 25.3 Å². The highest BCUT2D eigenvalue weighted by molar-refractivity contribution is 5.91. The van der Waals surface area contributed by atoms with Gasteiger partial charge in [0.25, 0.3) is 0 Å². The number of anilines is 1. The Hall–Kier alpha value is -2.36. The van der Waals surface area contributed by atoms with Gasteiger partial charge in [0.15, 0.2) is 0 Å². The Balaban J connectivity index is 1.54. The molecule has 3 atom stereocenters. The first-order chi connectivity index (χ1) is 11.6. The number of carbonyl (C=O) groups is 1. The van der Waals surface area contributed by atoms with Crippen molar-refractivity contribution in [1.82, 2.24) is 9.88 Å². The van der Waals surface area contributed by atoms with Crippen LogP contribution in [-0.2, 0) is 0 Å². The van der Waals surface area contributed by atoms with E-state index in [0.29, 0.717) is 17.9 Å². The van der Waals surface area contributed by atoms with Gasteiger partial charge in [0.05, 0.1) is 5.69 Å². The van der Waals surface area contributed by atoms with Crippen molar-refractivity contribution in [3.05, 3.63) is 48.2 Å². The molecule has 1 aromatic carbocycles. The molecule has 3 unspecified atom stereocenters. The predicted molar refractivity (Wildman–Crippen MR) is 95.8 cm³/mol. The quantitative estimate of drug-likeness (QED) is 0.895. The van der Waals surface area contributed by atoms with Crippen LogP contribution in [0.3, 0.4) is 0 Å². The molecule has 2 bridgehead atoms. The molecule has 1 saturated carbocycles. The van der Waals surface area contributed by atoms with Crippen molar-refractivity contribution in [3.63, 3.8) is 0 Å². The molecule has 1 aliphatic heterocycles. The van der Waals surface area contributed by atoms with Crippen LogP contribution in [0.15, 0.2) is 42.6 Å². The van der Waals surface area contributed by atoms with E-state index in [1.807, 2.05) is 41.3 Å². The number of piperidine rings is 1. The summed E-state index contributed by atoms with van der Waals surface area (Å²) in [5.41, 5.74) is 3.98. The van der Waals surface area contributed by atoms with E-state index in [1.165, 1.54) is 12.8 Å². The van der Waals surface area contributed by atoms with Gasteiger partial charge in [0, 0.05) is 30.0 Å². The van der Waals surface area contributed by atoms with E-state index in [-0.39, 0.29) is 6.03 Å². The van der Waals surface area contributed by atoms with Crippen LogP contribution in [0.4, 0.5) is 10.5 Å². The number of benzene rings is 1. The normalized spacial score (nSPS) is 25.1. The number of pyridine rings is 1. The molecule has 4 rings (SSSR count). The SMILES string of the molecule is Cc1ccc(NC(=O)N2CC3CC(C)C2C3)cc1-c1ccccn1. The molecule has 0 radical (unpaired) electrons. The van der Waals surface area contributed by atoms with E-state index >= 15 is 0 Å². The minimum absolute atomic E-state index is 0.0323. The first kappa shape index (κ1) is 15.2. The fourth-order valence-corrected chi connectivity index (χ4v) is 4.28. The molecule has 1 aliphatic carbocycles. The maximum Gasteiger partial charge on any atom is 0.322 e. The lowest BCUT2D eigenvalue weighted by atomic mass is 10.0. The third kappa shape index (κ3) is 2.66. The number of carbonyl (C=O) groups excluding carboxylic acids is 1. The summed E-state index contributed by atoms with van der Waals surface area (Å²) in [5, 5.41) is 3.09. The Bertz CT molecular complexity index is 759. The summed E-state index contributed by atoms with van der Waals surface area (Å²) in [6.07, 6.45) is 4.23. The van der Waals surface area contributed by atoms with E-state index < -0.39 is 0 Å². The van der Waals surface area contributed by atoms with E-state index in [2.05, 4.69) is 24.1 Å². The average molecular weight is 321 g/mol. The zero-order valence-corrected chi connectivity index (χ0v) is 14.2. The molecule has 4 heteroatoms. The number of likely N-dealkylation sites (tertiary alicyclic amines) is 1. The second-order valence-electron chi connectivity index (χ2n) is 7.21. The minimum Gasteiger partial charge on any atom is -0.321 e. The first-order valence-electron chi connectivity index (χ1n) is 8.71. The highest BCUT2D eigenvalue weighted by atomic mass is 16.2. The van der Waals surface area contributed by atoms with Gasteiger partial charge in [-0.2, -0.15) is 0 Å². The number of fused-ring (bicyclic) bond motifs is 2. The number of amides is 2. The topological polar surface area (TPSA) is 45.2 Å². The molecular formula is C20H23N3O. The molecule has 4 nitrogen and oxygen atoms in total. The van der Waals surface area contributed by atoms with Crippen molar-refractivity contribution < 1.29 is 4.79 Å². The summed E-state index contributed by atoms with van der Waals surface area (Å²) in [6.45, 7) is 5.23. The Kier molecular flexibility index (Phi) is 3.75. The number of aromatic nitrogens is 1. The highest BCUT2D eigenvalue weighted by Crippen LogP contribution is 2.41. The van der Waals surface area contributed by atoms with Crippen molar-refractivity contribution in [3.8, 4) is 11.3 Å². The van der Waals surface area contributed by atoms with Crippen LogP contribution in [-0.4, -0.2) is 28.5 Å². The number of aryl methyl sites for hydroxylation is 1. The van der Waals surface area contributed by atoms with Gasteiger partial charge in [0.1, 0.15) is 0 Å². The Morgan fingerprint density at radius 3 is 2.83 bits per heavy atom. The summed E-state index contributed by atoms with van der Waals surface area (Å²) >= 11 is 0. The smallest absolute Gasteiger partial charge is 0.321 e. The molecule has 2 aromatic rings. The van der Waals surface area contributed by atoms with Crippen LogP contribution >= 0.6 is 0 Å². The van der Waals surface area contributed by atoms with Gasteiger partial charge in [-0.05, 0) is 61.4 Å². The van der Waals surface area contributed by atoms with Crippen molar-refractivity contribution in [1.29, 1.82) is 0 Å².